The maximum Gasteiger partial charge on any atom is 0.109 e. The van der Waals surface area contributed by atoms with Crippen LogP contribution in [0.3, 0.4) is 0 Å². The molecule has 4 heteroatoms. The Hall–Kier alpha value is -0.450. The summed E-state index contributed by atoms with van der Waals surface area (Å²) >= 11 is 1.73. The number of aromatic nitrogens is 1. The smallest absolute Gasteiger partial charge is 0.109 e. The van der Waals surface area contributed by atoms with Gasteiger partial charge in [0.1, 0.15) is 5.01 Å². The molecule has 0 bridgehead atoms. The molecule has 3 N–H and O–H groups in total. The van der Waals surface area contributed by atoms with Gasteiger partial charge in [-0.25, -0.2) is 4.98 Å². The largest absolute Gasteiger partial charge is 0.330 e. The van der Waals surface area contributed by atoms with Gasteiger partial charge in [-0.05, 0) is 32.4 Å². The summed E-state index contributed by atoms with van der Waals surface area (Å²) in [5.74, 6) is 0. The molecule has 0 amide bonds. The number of nitrogens with zero attached hydrogens (tertiary/aromatic N) is 1. The van der Waals surface area contributed by atoms with Crippen LogP contribution in [-0.2, 0) is 0 Å². The van der Waals surface area contributed by atoms with Crippen molar-refractivity contribution in [3.8, 4) is 0 Å². The standard InChI is InChI=1S/C11H21N3S/c1-2-10(11-14-8-9-15-11)13-7-5-3-4-6-12/h8-10,13H,2-7,12H2,1H3. The van der Waals surface area contributed by atoms with Crippen molar-refractivity contribution in [3.05, 3.63) is 16.6 Å². The van der Waals surface area contributed by atoms with Crippen molar-refractivity contribution in [3.63, 3.8) is 0 Å². The monoisotopic (exact) mass is 227 g/mol. The first-order valence-electron chi connectivity index (χ1n) is 5.71. The molecule has 1 heterocycles. The van der Waals surface area contributed by atoms with Crippen molar-refractivity contribution >= 4 is 11.3 Å². The number of nitrogens with two attached hydrogens (primary N) is 1. The van der Waals surface area contributed by atoms with E-state index in [9.17, 15) is 0 Å². The molecule has 1 rings (SSSR count). The fraction of sp³-hybridized carbons (Fsp3) is 0.727. The van der Waals surface area contributed by atoms with Crippen molar-refractivity contribution in [1.29, 1.82) is 0 Å². The molecule has 0 spiro atoms. The van der Waals surface area contributed by atoms with Gasteiger partial charge in [0.15, 0.2) is 0 Å². The van der Waals surface area contributed by atoms with E-state index in [4.69, 9.17) is 5.73 Å². The molecule has 0 radical (unpaired) electrons. The molecule has 0 fully saturated rings. The Kier molecular flexibility index (Phi) is 6.55. The molecule has 1 aromatic rings. The lowest BCUT2D eigenvalue weighted by Crippen LogP contribution is -2.21. The summed E-state index contributed by atoms with van der Waals surface area (Å²) in [5.41, 5.74) is 5.45. The van der Waals surface area contributed by atoms with Crippen LogP contribution in [0.15, 0.2) is 11.6 Å². The molecule has 0 saturated carbocycles. The fourth-order valence-corrected chi connectivity index (χ4v) is 2.33. The topological polar surface area (TPSA) is 50.9 Å². The Balaban J connectivity index is 2.18. The highest BCUT2D eigenvalue weighted by molar-refractivity contribution is 7.09. The van der Waals surface area contributed by atoms with E-state index < -0.39 is 0 Å². The molecule has 0 aliphatic heterocycles. The molecule has 1 unspecified atom stereocenters. The van der Waals surface area contributed by atoms with Gasteiger partial charge in [0.25, 0.3) is 0 Å². The van der Waals surface area contributed by atoms with Crippen molar-refractivity contribution in [2.45, 2.75) is 38.6 Å². The average Bonchev–Trinajstić information content (AvgIpc) is 2.77. The van der Waals surface area contributed by atoms with Crippen LogP contribution in [0.1, 0.15) is 43.7 Å². The van der Waals surface area contributed by atoms with Gasteiger partial charge in [-0.1, -0.05) is 13.3 Å². The summed E-state index contributed by atoms with van der Waals surface area (Å²) in [7, 11) is 0. The van der Waals surface area contributed by atoms with Crippen molar-refractivity contribution in [1.82, 2.24) is 10.3 Å². The van der Waals surface area contributed by atoms with Crippen molar-refractivity contribution in [2.75, 3.05) is 13.1 Å². The van der Waals surface area contributed by atoms with E-state index in [-0.39, 0.29) is 0 Å². The summed E-state index contributed by atoms with van der Waals surface area (Å²) in [6.45, 7) is 4.07. The average molecular weight is 227 g/mol. The first kappa shape index (κ1) is 12.6. The highest BCUT2D eigenvalue weighted by atomic mass is 32.1. The Morgan fingerprint density at radius 1 is 1.47 bits per heavy atom. The van der Waals surface area contributed by atoms with Gasteiger partial charge in [-0.2, -0.15) is 0 Å². The summed E-state index contributed by atoms with van der Waals surface area (Å²) in [6, 6.07) is 0.433. The lowest BCUT2D eigenvalue weighted by molar-refractivity contribution is 0.498. The summed E-state index contributed by atoms with van der Waals surface area (Å²) in [6.07, 6.45) is 6.54. The van der Waals surface area contributed by atoms with Gasteiger partial charge in [-0.15, -0.1) is 11.3 Å². The molecule has 15 heavy (non-hydrogen) atoms. The maximum absolute atomic E-state index is 5.45. The van der Waals surface area contributed by atoms with Crippen LogP contribution < -0.4 is 11.1 Å². The van der Waals surface area contributed by atoms with Gasteiger partial charge >= 0.3 is 0 Å². The molecule has 3 nitrogen and oxygen atoms in total. The maximum atomic E-state index is 5.45. The molecule has 0 aliphatic rings. The normalized spacial score (nSPS) is 12.9. The van der Waals surface area contributed by atoms with E-state index in [1.165, 1.54) is 17.8 Å². The lowest BCUT2D eigenvalue weighted by Gasteiger charge is -2.13. The molecule has 1 atom stereocenters. The van der Waals surface area contributed by atoms with Crippen LogP contribution >= 0.6 is 11.3 Å². The van der Waals surface area contributed by atoms with Crippen LogP contribution in [-0.4, -0.2) is 18.1 Å². The van der Waals surface area contributed by atoms with Gasteiger partial charge in [-0.3, -0.25) is 0 Å². The second kappa shape index (κ2) is 7.79. The number of thiazole rings is 1. The zero-order valence-electron chi connectivity index (χ0n) is 9.41. The van der Waals surface area contributed by atoms with Gasteiger partial charge in [0, 0.05) is 11.6 Å². The molecule has 1 aromatic heterocycles. The van der Waals surface area contributed by atoms with Crippen LogP contribution in [0.2, 0.25) is 0 Å². The first-order chi connectivity index (χ1) is 7.38. The Morgan fingerprint density at radius 2 is 2.33 bits per heavy atom. The summed E-state index contributed by atoms with van der Waals surface area (Å²) < 4.78 is 0. The van der Waals surface area contributed by atoms with E-state index in [1.54, 1.807) is 11.3 Å². The number of hydrogen-bond donors (Lipinski definition) is 2. The summed E-state index contributed by atoms with van der Waals surface area (Å²) in [4.78, 5) is 4.34. The Bertz CT molecular complexity index is 236. The highest BCUT2D eigenvalue weighted by Gasteiger charge is 2.09. The number of rotatable bonds is 8. The zero-order valence-corrected chi connectivity index (χ0v) is 10.2. The van der Waals surface area contributed by atoms with Gasteiger partial charge in [0.2, 0.25) is 0 Å². The Morgan fingerprint density at radius 3 is 2.93 bits per heavy atom. The van der Waals surface area contributed by atoms with Gasteiger partial charge < -0.3 is 11.1 Å². The minimum Gasteiger partial charge on any atom is -0.330 e. The van der Waals surface area contributed by atoms with Gasteiger partial charge in [0.05, 0.1) is 6.04 Å². The molecule has 0 saturated heterocycles. The second-order valence-electron chi connectivity index (χ2n) is 3.63. The molecule has 0 aliphatic carbocycles. The van der Waals surface area contributed by atoms with Crippen LogP contribution in [0.4, 0.5) is 0 Å². The quantitative estimate of drug-likeness (QED) is 0.670. The third-order valence-corrected chi connectivity index (χ3v) is 3.32. The first-order valence-corrected chi connectivity index (χ1v) is 6.59. The fourth-order valence-electron chi connectivity index (χ4n) is 1.54. The van der Waals surface area contributed by atoms with Crippen LogP contribution in [0.5, 0.6) is 0 Å². The molecular formula is C11H21N3S. The van der Waals surface area contributed by atoms with E-state index in [1.807, 2.05) is 11.6 Å². The van der Waals surface area contributed by atoms with E-state index in [0.29, 0.717) is 6.04 Å². The highest BCUT2D eigenvalue weighted by Crippen LogP contribution is 2.18. The third-order valence-electron chi connectivity index (χ3n) is 2.43. The van der Waals surface area contributed by atoms with E-state index in [2.05, 4.69) is 17.2 Å². The number of nitrogens with one attached hydrogen (secondary N) is 1. The molecule has 0 aromatic carbocycles. The minimum atomic E-state index is 0.433. The molecule has 86 valence electrons. The summed E-state index contributed by atoms with van der Waals surface area (Å²) in [5, 5.41) is 6.78. The van der Waals surface area contributed by atoms with E-state index in [0.717, 1.165) is 25.9 Å². The van der Waals surface area contributed by atoms with Crippen molar-refractivity contribution < 1.29 is 0 Å². The number of unbranched alkanes of at least 4 members (excludes halogenated alkanes) is 2. The zero-order chi connectivity index (χ0) is 10.9. The predicted octanol–water partition coefficient (Wildman–Crippen LogP) is 2.31. The van der Waals surface area contributed by atoms with Crippen LogP contribution in [0.25, 0.3) is 0 Å². The predicted molar refractivity (Wildman–Crippen MR) is 66.1 cm³/mol. The van der Waals surface area contributed by atoms with Crippen molar-refractivity contribution in [2.24, 2.45) is 5.73 Å². The second-order valence-corrected chi connectivity index (χ2v) is 4.56. The van der Waals surface area contributed by atoms with E-state index >= 15 is 0 Å². The number of hydrogen-bond acceptors (Lipinski definition) is 4. The molecular weight excluding hydrogens is 206 g/mol. The third kappa shape index (κ3) is 4.73. The SMILES string of the molecule is CCC(NCCCCCN)c1nccs1. The minimum absolute atomic E-state index is 0.433. The Labute approximate surface area is 96.1 Å². The van der Waals surface area contributed by atoms with Crippen LogP contribution in [0, 0.1) is 0 Å². The lowest BCUT2D eigenvalue weighted by atomic mass is 10.2.